The van der Waals surface area contributed by atoms with Crippen molar-refractivity contribution in [3.05, 3.63) is 11.6 Å². The van der Waals surface area contributed by atoms with E-state index in [2.05, 4.69) is 5.92 Å². The van der Waals surface area contributed by atoms with Crippen molar-refractivity contribution in [1.29, 1.82) is 0 Å². The zero-order chi connectivity index (χ0) is 9.61. The van der Waals surface area contributed by atoms with E-state index in [9.17, 15) is 4.79 Å². The van der Waals surface area contributed by atoms with Crippen LogP contribution in [-0.4, -0.2) is 11.7 Å². The van der Waals surface area contributed by atoms with E-state index in [0.717, 1.165) is 0 Å². The molecule has 0 heterocycles. The lowest BCUT2D eigenvalue weighted by atomic mass is 10.0. The van der Waals surface area contributed by atoms with Crippen LogP contribution in [0.5, 0.6) is 0 Å². The van der Waals surface area contributed by atoms with Gasteiger partial charge in [0, 0.05) is 5.54 Å². The summed E-state index contributed by atoms with van der Waals surface area (Å²) in [7, 11) is 0. The van der Waals surface area contributed by atoms with Gasteiger partial charge in [0.15, 0.2) is 5.60 Å². The van der Waals surface area contributed by atoms with E-state index in [-0.39, 0.29) is 0 Å². The topological polar surface area (TPSA) is 52.3 Å². The molecular weight excluding hydrogens is 178 g/mol. The highest BCUT2D eigenvalue weighted by Crippen LogP contribution is 2.17. The predicted octanol–water partition coefficient (Wildman–Crippen LogP) is 1.62. The van der Waals surface area contributed by atoms with Crippen LogP contribution >= 0.6 is 11.6 Å². The monoisotopic (exact) mass is 187 g/mol. The molecule has 4 heteroatoms. The van der Waals surface area contributed by atoms with E-state index in [0.29, 0.717) is 6.42 Å². The van der Waals surface area contributed by atoms with E-state index < -0.39 is 11.7 Å². The minimum atomic E-state index is -1.10. The Morgan fingerprint density at radius 2 is 2.50 bits per heavy atom. The first kappa shape index (κ1) is 10.9. The van der Waals surface area contributed by atoms with Crippen LogP contribution in [0.4, 0.5) is 4.79 Å². The van der Waals surface area contributed by atoms with Crippen molar-refractivity contribution in [3.8, 4) is 12.3 Å². The Bertz CT molecular complexity index is 232. The van der Waals surface area contributed by atoms with Crippen molar-refractivity contribution in [3.63, 3.8) is 0 Å². The lowest BCUT2D eigenvalue weighted by Crippen LogP contribution is -2.33. The molecule has 0 radical (unpaired) electrons. The molecule has 0 aliphatic heterocycles. The summed E-state index contributed by atoms with van der Waals surface area (Å²) in [4.78, 5) is 10.4. The van der Waals surface area contributed by atoms with Crippen molar-refractivity contribution in [2.75, 3.05) is 0 Å². The highest BCUT2D eigenvalue weighted by Gasteiger charge is 2.25. The van der Waals surface area contributed by atoms with Crippen LogP contribution in [0.15, 0.2) is 11.6 Å². The fourth-order valence-corrected chi connectivity index (χ4v) is 0.888. The highest BCUT2D eigenvalue weighted by atomic mass is 35.5. The third kappa shape index (κ3) is 2.85. The van der Waals surface area contributed by atoms with Crippen LogP contribution in [0.2, 0.25) is 0 Å². The molecule has 0 aromatic rings. The standard InChI is InChI=1S/C8H10ClNO2/c1-3-8(4-2,5-6-9)12-7(10)11/h1,5-6H,4H2,2H3,(H2,10,11)/b6-5-/t8-/m1/s1. The summed E-state index contributed by atoms with van der Waals surface area (Å²) in [5.74, 6) is 2.30. The fourth-order valence-electron chi connectivity index (χ4n) is 0.685. The lowest BCUT2D eigenvalue weighted by molar-refractivity contribution is 0.0902. The summed E-state index contributed by atoms with van der Waals surface area (Å²) in [5, 5.41) is 0. The van der Waals surface area contributed by atoms with Gasteiger partial charge in [0.1, 0.15) is 0 Å². The number of rotatable bonds is 3. The molecule has 0 rings (SSSR count). The van der Waals surface area contributed by atoms with Gasteiger partial charge in [0.25, 0.3) is 0 Å². The molecule has 0 aliphatic rings. The average Bonchev–Trinajstić information content (AvgIpc) is 2.03. The second kappa shape index (κ2) is 4.68. The Labute approximate surface area is 76.5 Å². The zero-order valence-corrected chi connectivity index (χ0v) is 7.47. The Kier molecular flexibility index (Phi) is 4.24. The molecule has 0 fully saturated rings. The minimum Gasteiger partial charge on any atom is -0.426 e. The fraction of sp³-hybridized carbons (Fsp3) is 0.375. The van der Waals surface area contributed by atoms with E-state index in [1.807, 2.05) is 0 Å². The molecule has 1 amide bonds. The van der Waals surface area contributed by atoms with Crippen molar-refractivity contribution < 1.29 is 9.53 Å². The summed E-state index contributed by atoms with van der Waals surface area (Å²) in [6, 6.07) is 0. The maximum absolute atomic E-state index is 10.4. The van der Waals surface area contributed by atoms with E-state index in [1.54, 1.807) is 6.92 Å². The van der Waals surface area contributed by atoms with Gasteiger partial charge in [-0.05, 0) is 12.5 Å². The van der Waals surface area contributed by atoms with Crippen molar-refractivity contribution in [1.82, 2.24) is 0 Å². The first-order valence-electron chi connectivity index (χ1n) is 3.34. The Hall–Kier alpha value is -1.14. The number of nitrogens with two attached hydrogens (primary N) is 1. The van der Waals surface area contributed by atoms with Crippen molar-refractivity contribution in [2.24, 2.45) is 5.73 Å². The molecule has 0 unspecified atom stereocenters. The van der Waals surface area contributed by atoms with Crippen LogP contribution in [0, 0.1) is 12.3 Å². The molecular formula is C8H10ClNO2. The summed E-state index contributed by atoms with van der Waals surface area (Å²) in [5.41, 5.74) is 4.92. The van der Waals surface area contributed by atoms with Gasteiger partial charge in [-0.2, -0.15) is 0 Å². The second-order valence-corrected chi connectivity index (χ2v) is 2.35. The molecule has 1 atom stereocenters. The predicted molar refractivity (Wildman–Crippen MR) is 47.5 cm³/mol. The van der Waals surface area contributed by atoms with Crippen LogP contribution in [0.3, 0.4) is 0 Å². The summed E-state index contributed by atoms with van der Waals surface area (Å²) in [6.45, 7) is 1.76. The zero-order valence-electron chi connectivity index (χ0n) is 6.71. The summed E-state index contributed by atoms with van der Waals surface area (Å²) >= 11 is 5.32. The molecule has 12 heavy (non-hydrogen) atoms. The number of amides is 1. The molecule has 0 saturated heterocycles. The number of carbonyl (C=O) groups excluding carboxylic acids is 1. The minimum absolute atomic E-state index is 0.426. The number of primary amides is 1. The first-order chi connectivity index (χ1) is 5.60. The molecule has 2 N–H and O–H groups in total. The van der Waals surface area contributed by atoms with Crippen LogP contribution in [0.25, 0.3) is 0 Å². The molecule has 0 saturated carbocycles. The van der Waals surface area contributed by atoms with Crippen LogP contribution in [0.1, 0.15) is 13.3 Å². The number of ether oxygens (including phenoxy) is 1. The van der Waals surface area contributed by atoms with Crippen LogP contribution in [-0.2, 0) is 4.74 Å². The second-order valence-electron chi connectivity index (χ2n) is 2.10. The van der Waals surface area contributed by atoms with Crippen molar-refractivity contribution in [2.45, 2.75) is 18.9 Å². The Morgan fingerprint density at radius 1 is 1.92 bits per heavy atom. The van der Waals surface area contributed by atoms with Gasteiger partial charge in [0.05, 0.1) is 0 Å². The highest BCUT2D eigenvalue weighted by molar-refractivity contribution is 6.25. The van der Waals surface area contributed by atoms with Gasteiger partial charge in [-0.15, -0.1) is 6.42 Å². The molecule has 0 aromatic heterocycles. The maximum Gasteiger partial charge on any atom is 0.406 e. The molecule has 0 aromatic carbocycles. The molecule has 3 nitrogen and oxygen atoms in total. The summed E-state index contributed by atoms with van der Waals surface area (Å²) in [6.07, 6.45) is 6.08. The largest absolute Gasteiger partial charge is 0.426 e. The third-order valence-electron chi connectivity index (χ3n) is 1.38. The maximum atomic E-state index is 10.4. The van der Waals surface area contributed by atoms with Crippen LogP contribution < -0.4 is 5.73 Å². The number of halogens is 1. The molecule has 0 aliphatic carbocycles. The lowest BCUT2D eigenvalue weighted by Gasteiger charge is -2.21. The molecule has 0 bridgehead atoms. The van der Waals surface area contributed by atoms with Gasteiger partial charge in [-0.1, -0.05) is 24.4 Å². The van der Waals surface area contributed by atoms with E-state index in [1.165, 1.54) is 11.6 Å². The van der Waals surface area contributed by atoms with Crippen molar-refractivity contribution >= 4 is 17.7 Å². The van der Waals surface area contributed by atoms with E-state index in [4.69, 9.17) is 28.5 Å². The van der Waals surface area contributed by atoms with Gasteiger partial charge >= 0.3 is 6.09 Å². The normalized spacial score (nSPS) is 15.1. The Balaban J connectivity index is 4.60. The van der Waals surface area contributed by atoms with Gasteiger partial charge in [-0.3, -0.25) is 0 Å². The number of hydrogen-bond donors (Lipinski definition) is 1. The quantitative estimate of drug-likeness (QED) is 0.683. The van der Waals surface area contributed by atoms with E-state index >= 15 is 0 Å². The number of hydrogen-bond acceptors (Lipinski definition) is 2. The smallest absolute Gasteiger partial charge is 0.406 e. The first-order valence-corrected chi connectivity index (χ1v) is 3.78. The van der Waals surface area contributed by atoms with Gasteiger partial charge < -0.3 is 10.5 Å². The molecule has 66 valence electrons. The van der Waals surface area contributed by atoms with Gasteiger partial charge in [-0.25, -0.2) is 4.79 Å². The average molecular weight is 188 g/mol. The summed E-state index contributed by atoms with van der Waals surface area (Å²) < 4.78 is 4.71. The SMILES string of the molecule is C#C[C@](/C=C\Cl)(CC)OC(N)=O. The van der Waals surface area contributed by atoms with Gasteiger partial charge in [0.2, 0.25) is 0 Å². The Morgan fingerprint density at radius 3 is 2.75 bits per heavy atom. The number of carbonyl (C=O) groups is 1. The third-order valence-corrected chi connectivity index (χ3v) is 1.51. The number of terminal acetylenes is 1. The molecule has 0 spiro atoms.